The molecule has 1 aromatic carbocycles. The van der Waals surface area contributed by atoms with Gasteiger partial charge in [-0.25, -0.2) is 0 Å². The minimum atomic E-state index is 0.279. The summed E-state index contributed by atoms with van der Waals surface area (Å²) < 4.78 is 6.25. The van der Waals surface area contributed by atoms with Crippen LogP contribution in [0.4, 0.5) is 0 Å². The Hall–Kier alpha value is -0.540. The Morgan fingerprint density at radius 2 is 2.11 bits per heavy atom. The van der Waals surface area contributed by atoms with E-state index >= 15 is 0 Å². The molecule has 0 aliphatic heterocycles. The van der Waals surface area contributed by atoms with E-state index in [0.29, 0.717) is 0 Å². The average molecular weight is 326 g/mol. The zero-order valence-corrected chi connectivity index (χ0v) is 13.3. The number of benzene rings is 1. The first-order valence-corrected chi connectivity index (χ1v) is 8.06. The van der Waals surface area contributed by atoms with Crippen molar-refractivity contribution in [3.63, 3.8) is 0 Å². The third-order valence-corrected chi connectivity index (χ3v) is 4.75. The fraction of sp³-hybridized carbons (Fsp3) is 0.625. The van der Waals surface area contributed by atoms with Crippen molar-refractivity contribution < 1.29 is 4.74 Å². The second-order valence-corrected chi connectivity index (χ2v) is 6.52. The Bertz CT molecular complexity index is 402. The Morgan fingerprint density at radius 3 is 2.74 bits per heavy atom. The molecule has 1 saturated carbocycles. The molecule has 2 nitrogen and oxygen atoms in total. The molecule has 1 aliphatic rings. The molecular weight excluding hydrogens is 302 g/mol. The van der Waals surface area contributed by atoms with E-state index in [1.807, 2.05) is 6.07 Å². The Kier molecular flexibility index (Phi) is 5.71. The molecule has 1 aromatic rings. The van der Waals surface area contributed by atoms with Crippen molar-refractivity contribution in [2.75, 3.05) is 7.11 Å². The normalized spacial score (nSPS) is 17.6. The maximum atomic E-state index is 6.26. The van der Waals surface area contributed by atoms with Crippen LogP contribution in [0.2, 0.25) is 0 Å². The molecule has 0 amide bonds. The minimum absolute atomic E-state index is 0.279. The quantitative estimate of drug-likeness (QED) is 0.846. The number of hydrogen-bond donors (Lipinski definition) is 1. The van der Waals surface area contributed by atoms with Crippen LogP contribution in [0, 0.1) is 5.92 Å². The van der Waals surface area contributed by atoms with E-state index in [1.165, 1.54) is 37.7 Å². The summed E-state index contributed by atoms with van der Waals surface area (Å²) in [5.41, 5.74) is 7.54. The third-order valence-electron chi connectivity index (χ3n) is 4.13. The standard InChI is InChI=1S/C16H24BrNO/c1-19-16-9-7-13(11-15(16)17)10-14(18)8-6-12-4-2-3-5-12/h7,9,11-12,14H,2-6,8,10,18H2,1H3. The first-order chi connectivity index (χ1) is 9.19. The van der Waals surface area contributed by atoms with Gasteiger partial charge in [0.05, 0.1) is 11.6 Å². The van der Waals surface area contributed by atoms with Gasteiger partial charge in [0.2, 0.25) is 0 Å². The molecule has 0 spiro atoms. The Labute approximate surface area is 124 Å². The Balaban J connectivity index is 1.80. The highest BCUT2D eigenvalue weighted by Gasteiger charge is 2.16. The van der Waals surface area contributed by atoms with Gasteiger partial charge in [0.15, 0.2) is 0 Å². The molecule has 0 heterocycles. The largest absolute Gasteiger partial charge is 0.496 e. The molecule has 106 valence electrons. The summed E-state index contributed by atoms with van der Waals surface area (Å²) in [6.45, 7) is 0. The van der Waals surface area contributed by atoms with Gasteiger partial charge in [0.1, 0.15) is 5.75 Å². The number of rotatable bonds is 6. The van der Waals surface area contributed by atoms with Gasteiger partial charge in [-0.3, -0.25) is 0 Å². The van der Waals surface area contributed by atoms with Crippen LogP contribution in [0.1, 0.15) is 44.1 Å². The van der Waals surface area contributed by atoms with E-state index in [0.717, 1.165) is 29.0 Å². The van der Waals surface area contributed by atoms with E-state index in [2.05, 4.69) is 28.1 Å². The lowest BCUT2D eigenvalue weighted by atomic mass is 9.95. The molecule has 3 heteroatoms. The highest BCUT2D eigenvalue weighted by atomic mass is 79.9. The van der Waals surface area contributed by atoms with Crippen molar-refractivity contribution in [1.29, 1.82) is 0 Å². The van der Waals surface area contributed by atoms with E-state index in [-0.39, 0.29) is 6.04 Å². The average Bonchev–Trinajstić information content (AvgIpc) is 2.90. The first kappa shape index (κ1) is 14.9. The van der Waals surface area contributed by atoms with Gasteiger partial charge in [-0.15, -0.1) is 0 Å². The highest BCUT2D eigenvalue weighted by molar-refractivity contribution is 9.10. The molecule has 0 saturated heterocycles. The summed E-state index contributed by atoms with van der Waals surface area (Å²) in [6, 6.07) is 6.51. The topological polar surface area (TPSA) is 35.2 Å². The summed E-state index contributed by atoms with van der Waals surface area (Å²) in [5.74, 6) is 1.82. The summed E-state index contributed by atoms with van der Waals surface area (Å²) >= 11 is 3.52. The van der Waals surface area contributed by atoms with Crippen molar-refractivity contribution in [2.24, 2.45) is 11.7 Å². The molecule has 2 N–H and O–H groups in total. The summed E-state index contributed by atoms with van der Waals surface area (Å²) in [7, 11) is 1.69. The van der Waals surface area contributed by atoms with Crippen LogP contribution in [-0.2, 0) is 6.42 Å². The lowest BCUT2D eigenvalue weighted by Crippen LogP contribution is -2.23. The molecule has 19 heavy (non-hydrogen) atoms. The monoisotopic (exact) mass is 325 g/mol. The van der Waals surface area contributed by atoms with Gasteiger partial charge >= 0.3 is 0 Å². The van der Waals surface area contributed by atoms with Gasteiger partial charge in [-0.1, -0.05) is 31.7 Å². The summed E-state index contributed by atoms with van der Waals surface area (Å²) in [5, 5.41) is 0. The number of hydrogen-bond acceptors (Lipinski definition) is 2. The molecule has 1 fully saturated rings. The van der Waals surface area contributed by atoms with Crippen molar-refractivity contribution >= 4 is 15.9 Å². The highest BCUT2D eigenvalue weighted by Crippen LogP contribution is 2.29. The lowest BCUT2D eigenvalue weighted by molar-refractivity contribution is 0.411. The van der Waals surface area contributed by atoms with Crippen LogP contribution >= 0.6 is 15.9 Å². The van der Waals surface area contributed by atoms with Crippen LogP contribution in [-0.4, -0.2) is 13.2 Å². The zero-order valence-electron chi connectivity index (χ0n) is 11.7. The summed E-state index contributed by atoms with van der Waals surface area (Å²) in [4.78, 5) is 0. The SMILES string of the molecule is COc1ccc(CC(N)CCC2CCCC2)cc1Br. The molecule has 0 radical (unpaired) electrons. The maximum absolute atomic E-state index is 6.26. The minimum Gasteiger partial charge on any atom is -0.496 e. The van der Waals surface area contributed by atoms with Crippen LogP contribution in [0.3, 0.4) is 0 Å². The van der Waals surface area contributed by atoms with E-state index < -0.39 is 0 Å². The lowest BCUT2D eigenvalue weighted by Gasteiger charge is -2.15. The maximum Gasteiger partial charge on any atom is 0.133 e. The number of methoxy groups -OCH3 is 1. The van der Waals surface area contributed by atoms with Gasteiger partial charge in [0.25, 0.3) is 0 Å². The van der Waals surface area contributed by atoms with Gasteiger partial charge in [-0.2, -0.15) is 0 Å². The van der Waals surface area contributed by atoms with Crippen molar-refractivity contribution in [1.82, 2.24) is 0 Å². The molecular formula is C16H24BrNO. The number of halogens is 1. The molecule has 1 atom stereocenters. The molecule has 0 aromatic heterocycles. The number of nitrogens with two attached hydrogens (primary N) is 1. The predicted molar refractivity (Wildman–Crippen MR) is 83.6 cm³/mol. The molecule has 2 rings (SSSR count). The van der Waals surface area contributed by atoms with E-state index in [4.69, 9.17) is 10.5 Å². The fourth-order valence-electron chi connectivity index (χ4n) is 2.99. The van der Waals surface area contributed by atoms with Crippen molar-refractivity contribution in [2.45, 2.75) is 51.0 Å². The third kappa shape index (κ3) is 4.50. The van der Waals surface area contributed by atoms with Crippen molar-refractivity contribution in [3.05, 3.63) is 28.2 Å². The molecule has 0 bridgehead atoms. The molecule has 1 aliphatic carbocycles. The Morgan fingerprint density at radius 1 is 1.37 bits per heavy atom. The van der Waals surface area contributed by atoms with Gasteiger partial charge in [0, 0.05) is 6.04 Å². The predicted octanol–water partition coefficient (Wildman–Crippen LogP) is 4.30. The smallest absolute Gasteiger partial charge is 0.133 e. The molecule has 1 unspecified atom stereocenters. The fourth-order valence-corrected chi connectivity index (χ4v) is 3.58. The van der Waals surface area contributed by atoms with E-state index in [1.54, 1.807) is 7.11 Å². The van der Waals surface area contributed by atoms with Gasteiger partial charge in [-0.05, 0) is 58.8 Å². The van der Waals surface area contributed by atoms with Crippen LogP contribution in [0.25, 0.3) is 0 Å². The summed E-state index contributed by atoms with van der Waals surface area (Å²) in [6.07, 6.45) is 9.08. The van der Waals surface area contributed by atoms with Gasteiger partial charge < -0.3 is 10.5 Å². The zero-order chi connectivity index (χ0) is 13.7. The first-order valence-electron chi connectivity index (χ1n) is 7.27. The second-order valence-electron chi connectivity index (χ2n) is 5.66. The van der Waals surface area contributed by atoms with E-state index in [9.17, 15) is 0 Å². The number of ether oxygens (including phenoxy) is 1. The second kappa shape index (κ2) is 7.30. The van der Waals surface area contributed by atoms with Crippen molar-refractivity contribution in [3.8, 4) is 5.75 Å². The van der Waals surface area contributed by atoms with Crippen LogP contribution in [0.15, 0.2) is 22.7 Å². The van der Waals surface area contributed by atoms with Crippen LogP contribution < -0.4 is 10.5 Å². The van der Waals surface area contributed by atoms with Crippen LogP contribution in [0.5, 0.6) is 5.75 Å².